The van der Waals surface area contributed by atoms with Crippen LogP contribution in [0.1, 0.15) is 36.0 Å². The zero-order chi connectivity index (χ0) is 13.0. The zero-order valence-electron chi connectivity index (χ0n) is 10.2. The lowest BCUT2D eigenvalue weighted by atomic mass is 10.1. The number of amides is 1. The molecule has 0 atom stereocenters. The molecule has 0 aliphatic carbocycles. The molecule has 1 aromatic rings. The van der Waals surface area contributed by atoms with Crippen molar-refractivity contribution in [3.63, 3.8) is 0 Å². The summed E-state index contributed by atoms with van der Waals surface area (Å²) in [5.41, 5.74) is 0.742. The fraction of sp³-hybridized carbons (Fsp3) is 0.429. The summed E-state index contributed by atoms with van der Waals surface area (Å²) in [6.45, 7) is 1.56. The molecule has 0 aromatic heterocycles. The number of rotatable bonds is 5. The fourth-order valence-corrected chi connectivity index (χ4v) is 2.42. The molecule has 1 saturated heterocycles. The molecule has 1 amide bonds. The molecule has 1 aliphatic heterocycles. The van der Waals surface area contributed by atoms with Crippen molar-refractivity contribution in [2.24, 2.45) is 0 Å². The summed E-state index contributed by atoms with van der Waals surface area (Å²) in [6.07, 6.45) is 2.88. The van der Waals surface area contributed by atoms with E-state index in [1.807, 2.05) is 29.2 Å². The molecule has 1 heterocycles. The lowest BCUT2D eigenvalue weighted by Gasteiger charge is -2.14. The number of halogens is 1. The maximum Gasteiger partial charge on any atom is 0.222 e. The highest BCUT2D eigenvalue weighted by molar-refractivity contribution is 9.10. The van der Waals surface area contributed by atoms with Crippen LogP contribution in [0.2, 0.25) is 0 Å². The Hall–Kier alpha value is -1.16. The van der Waals surface area contributed by atoms with E-state index in [1.54, 1.807) is 0 Å². The average Bonchev–Trinajstić information content (AvgIpc) is 2.76. The van der Waals surface area contributed by atoms with Gasteiger partial charge in [-0.15, -0.1) is 0 Å². The third-order valence-electron chi connectivity index (χ3n) is 3.17. The van der Waals surface area contributed by atoms with Crippen LogP contribution in [0.3, 0.4) is 0 Å². The second-order valence-electron chi connectivity index (χ2n) is 4.52. The number of carbonyl (C=O) groups excluding carboxylic acids is 2. The van der Waals surface area contributed by atoms with Crippen LogP contribution in [0.5, 0.6) is 0 Å². The fourth-order valence-electron chi connectivity index (χ4n) is 2.15. The van der Waals surface area contributed by atoms with Crippen LogP contribution in [0, 0.1) is 0 Å². The van der Waals surface area contributed by atoms with Crippen LogP contribution in [0.25, 0.3) is 0 Å². The summed E-state index contributed by atoms with van der Waals surface area (Å²) >= 11 is 3.34. The van der Waals surface area contributed by atoms with Gasteiger partial charge in [-0.3, -0.25) is 9.59 Å². The number of hydrogen-bond donors (Lipinski definition) is 0. The van der Waals surface area contributed by atoms with Crippen LogP contribution in [-0.4, -0.2) is 29.7 Å². The molecule has 0 saturated carbocycles. The van der Waals surface area contributed by atoms with Gasteiger partial charge in [0.1, 0.15) is 0 Å². The van der Waals surface area contributed by atoms with Crippen molar-refractivity contribution in [2.45, 2.75) is 25.7 Å². The first kappa shape index (κ1) is 13.3. The van der Waals surface area contributed by atoms with Gasteiger partial charge in [0, 0.05) is 36.0 Å². The highest BCUT2D eigenvalue weighted by Gasteiger charge is 2.19. The Morgan fingerprint density at radius 1 is 1.28 bits per heavy atom. The summed E-state index contributed by atoms with van der Waals surface area (Å²) in [5.74, 6) is 0.375. The van der Waals surface area contributed by atoms with Crippen molar-refractivity contribution in [1.29, 1.82) is 0 Å². The lowest BCUT2D eigenvalue weighted by molar-refractivity contribution is -0.127. The molecule has 0 bridgehead atoms. The number of benzene rings is 1. The summed E-state index contributed by atoms with van der Waals surface area (Å²) in [6, 6.07) is 7.40. The number of carbonyl (C=O) groups is 2. The van der Waals surface area contributed by atoms with Crippen molar-refractivity contribution in [3.05, 3.63) is 34.3 Å². The van der Waals surface area contributed by atoms with Gasteiger partial charge in [-0.05, 0) is 25.0 Å². The Balaban J connectivity index is 1.78. The molecule has 0 N–H and O–H groups in total. The first-order chi connectivity index (χ1) is 8.66. The molecule has 1 fully saturated rings. The predicted molar refractivity (Wildman–Crippen MR) is 73.5 cm³/mol. The highest BCUT2D eigenvalue weighted by Crippen LogP contribution is 2.14. The summed E-state index contributed by atoms with van der Waals surface area (Å²) < 4.78 is 0.974. The van der Waals surface area contributed by atoms with Crippen molar-refractivity contribution < 1.29 is 9.59 Å². The molecule has 4 heteroatoms. The van der Waals surface area contributed by atoms with Crippen LogP contribution >= 0.6 is 15.9 Å². The standard InChI is InChI=1S/C14H16BrNO2/c15-12-7-5-11(6-8-12)13(17)3-1-9-16-10-2-4-14(16)18/h5-8H,1-4,9-10H2. The lowest BCUT2D eigenvalue weighted by Crippen LogP contribution is -2.26. The van der Waals surface area contributed by atoms with Crippen molar-refractivity contribution in [3.8, 4) is 0 Å². The monoisotopic (exact) mass is 309 g/mol. The predicted octanol–water partition coefficient (Wildman–Crippen LogP) is 3.03. The van der Waals surface area contributed by atoms with Crippen molar-refractivity contribution >= 4 is 27.6 Å². The average molecular weight is 310 g/mol. The third kappa shape index (κ3) is 3.42. The van der Waals surface area contributed by atoms with Gasteiger partial charge in [0.05, 0.1) is 0 Å². The number of Topliss-reactive ketones (excluding diaryl/α,β-unsaturated/α-hetero) is 1. The van der Waals surface area contributed by atoms with Gasteiger partial charge in [0.2, 0.25) is 5.91 Å². The van der Waals surface area contributed by atoms with Crippen LogP contribution in [-0.2, 0) is 4.79 Å². The zero-order valence-corrected chi connectivity index (χ0v) is 11.8. The topological polar surface area (TPSA) is 37.4 Å². The maximum absolute atomic E-state index is 11.9. The molecule has 0 spiro atoms. The van der Waals surface area contributed by atoms with Gasteiger partial charge in [-0.25, -0.2) is 0 Å². The van der Waals surface area contributed by atoms with E-state index in [-0.39, 0.29) is 11.7 Å². The molecule has 1 aliphatic rings. The molecule has 2 rings (SSSR count). The molecule has 3 nitrogen and oxygen atoms in total. The van der Waals surface area contributed by atoms with Gasteiger partial charge in [-0.2, -0.15) is 0 Å². The first-order valence-corrected chi connectivity index (χ1v) is 7.02. The molecule has 18 heavy (non-hydrogen) atoms. The Bertz CT molecular complexity index is 442. The quantitative estimate of drug-likeness (QED) is 0.784. The Kier molecular flexibility index (Phi) is 4.53. The summed E-state index contributed by atoms with van der Waals surface area (Å²) in [5, 5.41) is 0. The number of hydrogen-bond acceptors (Lipinski definition) is 2. The van der Waals surface area contributed by atoms with Gasteiger partial charge < -0.3 is 4.90 Å². The van der Waals surface area contributed by atoms with Crippen molar-refractivity contribution in [1.82, 2.24) is 4.90 Å². The Morgan fingerprint density at radius 2 is 2.00 bits per heavy atom. The molecular formula is C14H16BrNO2. The molecule has 96 valence electrons. The van der Waals surface area contributed by atoms with E-state index < -0.39 is 0 Å². The summed E-state index contributed by atoms with van der Waals surface area (Å²) in [7, 11) is 0. The largest absolute Gasteiger partial charge is 0.343 e. The number of nitrogens with zero attached hydrogens (tertiary/aromatic N) is 1. The van der Waals surface area contributed by atoms with Gasteiger partial charge in [0.25, 0.3) is 0 Å². The van der Waals surface area contributed by atoms with E-state index in [0.717, 1.165) is 29.4 Å². The van der Waals surface area contributed by atoms with Gasteiger partial charge >= 0.3 is 0 Å². The number of likely N-dealkylation sites (tertiary alicyclic amines) is 1. The summed E-state index contributed by atoms with van der Waals surface area (Å²) in [4.78, 5) is 25.1. The van der Waals surface area contributed by atoms with Crippen LogP contribution in [0.15, 0.2) is 28.7 Å². The van der Waals surface area contributed by atoms with E-state index in [0.29, 0.717) is 19.4 Å². The van der Waals surface area contributed by atoms with E-state index in [2.05, 4.69) is 15.9 Å². The first-order valence-electron chi connectivity index (χ1n) is 6.23. The number of ketones is 1. The Labute approximate surface area is 115 Å². The Morgan fingerprint density at radius 3 is 2.61 bits per heavy atom. The minimum atomic E-state index is 0.147. The van der Waals surface area contributed by atoms with Gasteiger partial charge in [-0.1, -0.05) is 28.1 Å². The van der Waals surface area contributed by atoms with E-state index in [9.17, 15) is 9.59 Å². The SMILES string of the molecule is O=C(CCCN1CCCC1=O)c1ccc(Br)cc1. The maximum atomic E-state index is 11.9. The minimum Gasteiger partial charge on any atom is -0.343 e. The minimum absolute atomic E-state index is 0.147. The smallest absolute Gasteiger partial charge is 0.222 e. The highest BCUT2D eigenvalue weighted by atomic mass is 79.9. The van der Waals surface area contributed by atoms with E-state index in [1.165, 1.54) is 0 Å². The molecule has 1 aromatic carbocycles. The molecular weight excluding hydrogens is 294 g/mol. The van der Waals surface area contributed by atoms with Crippen molar-refractivity contribution in [2.75, 3.05) is 13.1 Å². The second kappa shape index (κ2) is 6.14. The second-order valence-corrected chi connectivity index (χ2v) is 5.43. The van der Waals surface area contributed by atoms with E-state index >= 15 is 0 Å². The normalized spacial score (nSPS) is 15.2. The van der Waals surface area contributed by atoms with Crippen LogP contribution < -0.4 is 0 Å². The van der Waals surface area contributed by atoms with Gasteiger partial charge in [0.15, 0.2) is 5.78 Å². The molecule has 0 unspecified atom stereocenters. The van der Waals surface area contributed by atoms with E-state index in [4.69, 9.17) is 0 Å². The van der Waals surface area contributed by atoms with Crippen LogP contribution in [0.4, 0.5) is 0 Å². The third-order valence-corrected chi connectivity index (χ3v) is 3.70. The molecule has 0 radical (unpaired) electrons.